The molecule has 0 N–H and O–H groups in total. The largest absolute Gasteiger partial charge is 0.454 e. The number of rotatable bonds is 1. The zero-order valence-corrected chi connectivity index (χ0v) is 15.5. The first kappa shape index (κ1) is 16.1. The predicted molar refractivity (Wildman–Crippen MR) is 111 cm³/mol. The van der Waals surface area contributed by atoms with Crippen molar-refractivity contribution in [1.82, 2.24) is 9.55 Å². The van der Waals surface area contributed by atoms with Crippen LogP contribution in [-0.2, 0) is 6.54 Å². The third-order valence-corrected chi connectivity index (χ3v) is 5.47. The van der Waals surface area contributed by atoms with Crippen molar-refractivity contribution in [2.24, 2.45) is 0 Å². The van der Waals surface area contributed by atoms with Crippen LogP contribution in [0, 0.1) is 0 Å². The molecule has 5 heteroatoms. The molecule has 2 aliphatic rings. The lowest BCUT2D eigenvalue weighted by atomic mass is 9.93. The van der Waals surface area contributed by atoms with Crippen molar-refractivity contribution in [3.05, 3.63) is 99.6 Å². The molecule has 0 saturated heterocycles. The molecule has 0 bridgehead atoms. The lowest BCUT2D eigenvalue weighted by Gasteiger charge is -2.25. The number of nitrogens with zero attached hydrogens (tertiary/aromatic N) is 2. The summed E-state index contributed by atoms with van der Waals surface area (Å²) in [6, 6.07) is 21.8. The van der Waals surface area contributed by atoms with Crippen LogP contribution in [0.3, 0.4) is 0 Å². The number of aromatic nitrogens is 2. The van der Waals surface area contributed by atoms with Crippen LogP contribution >= 0.6 is 0 Å². The van der Waals surface area contributed by atoms with Crippen LogP contribution < -0.4 is 15.0 Å². The third-order valence-electron chi connectivity index (χ3n) is 5.47. The zero-order valence-electron chi connectivity index (χ0n) is 15.5. The Bertz CT molecular complexity index is 1380. The second-order valence-corrected chi connectivity index (χ2v) is 7.17. The first-order valence-corrected chi connectivity index (χ1v) is 9.47. The van der Waals surface area contributed by atoms with Gasteiger partial charge in [0, 0.05) is 5.57 Å². The van der Waals surface area contributed by atoms with Crippen LogP contribution in [0.2, 0.25) is 0 Å². The molecule has 2 aliphatic heterocycles. The van der Waals surface area contributed by atoms with Crippen LogP contribution in [0.4, 0.5) is 0 Å². The van der Waals surface area contributed by atoms with Crippen molar-refractivity contribution in [2.45, 2.75) is 6.54 Å². The summed E-state index contributed by atoms with van der Waals surface area (Å²) in [7, 11) is 0. The fourth-order valence-corrected chi connectivity index (χ4v) is 4.11. The highest BCUT2D eigenvalue weighted by atomic mass is 16.7. The van der Waals surface area contributed by atoms with E-state index < -0.39 is 0 Å². The molecule has 5 nitrogen and oxygen atoms in total. The van der Waals surface area contributed by atoms with Crippen molar-refractivity contribution in [3.63, 3.8) is 0 Å². The Labute approximate surface area is 166 Å². The molecular formula is C24H16N2O3. The highest BCUT2D eigenvalue weighted by molar-refractivity contribution is 5.93. The van der Waals surface area contributed by atoms with Gasteiger partial charge >= 0.3 is 0 Å². The van der Waals surface area contributed by atoms with E-state index in [9.17, 15) is 4.79 Å². The van der Waals surface area contributed by atoms with E-state index in [0.29, 0.717) is 17.8 Å². The normalized spacial score (nSPS) is 15.4. The van der Waals surface area contributed by atoms with E-state index in [-0.39, 0.29) is 12.4 Å². The van der Waals surface area contributed by atoms with Crippen molar-refractivity contribution in [2.75, 3.05) is 6.79 Å². The maximum absolute atomic E-state index is 12.7. The van der Waals surface area contributed by atoms with Gasteiger partial charge in [-0.25, -0.2) is 0 Å². The maximum Gasteiger partial charge on any atom is 0.281 e. The van der Waals surface area contributed by atoms with E-state index in [4.69, 9.17) is 9.47 Å². The lowest BCUT2D eigenvalue weighted by molar-refractivity contribution is 0.174. The predicted octanol–water partition coefficient (Wildman–Crippen LogP) is 4.08. The molecule has 0 aliphatic carbocycles. The molecule has 0 spiro atoms. The summed E-state index contributed by atoms with van der Waals surface area (Å²) in [6.45, 7) is 0.918. The van der Waals surface area contributed by atoms with Gasteiger partial charge in [0.1, 0.15) is 5.82 Å². The third kappa shape index (κ3) is 2.48. The summed E-state index contributed by atoms with van der Waals surface area (Å²) in [5.74, 6) is 2.16. The van der Waals surface area contributed by atoms with Gasteiger partial charge in [-0.3, -0.25) is 4.79 Å². The summed E-state index contributed by atoms with van der Waals surface area (Å²) < 4.78 is 13.1. The quantitative estimate of drug-likeness (QED) is 0.440. The van der Waals surface area contributed by atoms with E-state index in [0.717, 1.165) is 33.7 Å². The highest BCUT2D eigenvalue weighted by Gasteiger charge is 2.23. The molecular weight excluding hydrogens is 364 g/mol. The van der Waals surface area contributed by atoms with Gasteiger partial charge in [-0.1, -0.05) is 42.5 Å². The van der Waals surface area contributed by atoms with Crippen LogP contribution in [0.1, 0.15) is 22.5 Å². The molecule has 0 amide bonds. The molecule has 6 rings (SSSR count). The van der Waals surface area contributed by atoms with Crippen molar-refractivity contribution in [1.29, 1.82) is 0 Å². The average Bonchev–Trinajstić information content (AvgIpc) is 3.22. The van der Waals surface area contributed by atoms with E-state index in [1.165, 1.54) is 5.56 Å². The topological polar surface area (TPSA) is 53.4 Å². The minimum atomic E-state index is -0.206. The first-order chi connectivity index (χ1) is 14.3. The Balaban J connectivity index is 1.64. The fraction of sp³-hybridized carbons (Fsp3) is 0.0833. The van der Waals surface area contributed by atoms with Gasteiger partial charge in [-0.15, -0.1) is 0 Å². The number of benzene rings is 3. The molecule has 0 radical (unpaired) electrons. The van der Waals surface area contributed by atoms with Crippen molar-refractivity contribution in [3.8, 4) is 11.5 Å². The molecule has 3 heterocycles. The van der Waals surface area contributed by atoms with E-state index in [1.54, 1.807) is 0 Å². The first-order valence-electron chi connectivity index (χ1n) is 9.47. The van der Waals surface area contributed by atoms with E-state index in [2.05, 4.69) is 27.8 Å². The molecule has 0 atom stereocenters. The standard InChI is InChI=1S/C24H16N2O3/c27-24-18-7-3-4-8-20(18)26-13-16-5-1-2-6-17(16)19(23(26)25-24)11-15-9-10-21-22(12-15)29-14-28-21/h1-12H,13-14H2. The van der Waals surface area contributed by atoms with Crippen molar-refractivity contribution >= 4 is 22.6 Å². The Morgan fingerprint density at radius 1 is 0.931 bits per heavy atom. The smallest absolute Gasteiger partial charge is 0.281 e. The lowest BCUT2D eigenvalue weighted by Crippen LogP contribution is -2.23. The van der Waals surface area contributed by atoms with Crippen LogP contribution in [0.15, 0.2) is 71.5 Å². The Hall–Kier alpha value is -3.86. The molecule has 4 aromatic rings. The summed E-state index contributed by atoms with van der Waals surface area (Å²) in [4.78, 5) is 17.2. The molecule has 0 unspecified atom stereocenters. The summed E-state index contributed by atoms with van der Waals surface area (Å²) in [5, 5.41) is 0.637. The molecule has 0 saturated carbocycles. The Kier molecular flexibility index (Phi) is 3.38. The van der Waals surface area contributed by atoms with Gasteiger partial charge in [0.25, 0.3) is 5.56 Å². The minimum Gasteiger partial charge on any atom is -0.454 e. The van der Waals surface area contributed by atoms with Gasteiger partial charge in [-0.2, -0.15) is 4.98 Å². The van der Waals surface area contributed by atoms with Gasteiger partial charge in [-0.05, 0) is 47.0 Å². The molecule has 0 fully saturated rings. The highest BCUT2D eigenvalue weighted by Crippen LogP contribution is 2.37. The average molecular weight is 380 g/mol. The monoisotopic (exact) mass is 380 g/mol. The summed E-state index contributed by atoms with van der Waals surface area (Å²) in [5.41, 5.74) is 4.87. The van der Waals surface area contributed by atoms with Gasteiger partial charge in [0.05, 0.1) is 17.4 Å². The number of hydrogen-bond acceptors (Lipinski definition) is 4. The molecule has 1 aromatic heterocycles. The summed E-state index contributed by atoms with van der Waals surface area (Å²) in [6.07, 6.45) is 2.06. The van der Waals surface area contributed by atoms with E-state index >= 15 is 0 Å². The van der Waals surface area contributed by atoms with Crippen LogP contribution in [-0.4, -0.2) is 16.3 Å². The Morgan fingerprint density at radius 3 is 2.72 bits per heavy atom. The second kappa shape index (κ2) is 6.07. The molecule has 29 heavy (non-hydrogen) atoms. The second-order valence-electron chi connectivity index (χ2n) is 7.17. The number of ether oxygens (including phenoxy) is 2. The molecule has 140 valence electrons. The summed E-state index contributed by atoms with van der Waals surface area (Å²) >= 11 is 0. The maximum atomic E-state index is 12.7. The van der Waals surface area contributed by atoms with E-state index in [1.807, 2.05) is 54.6 Å². The number of para-hydroxylation sites is 1. The van der Waals surface area contributed by atoms with Crippen LogP contribution in [0.25, 0.3) is 22.6 Å². The fourth-order valence-electron chi connectivity index (χ4n) is 4.11. The van der Waals surface area contributed by atoms with Crippen molar-refractivity contribution < 1.29 is 9.47 Å². The Morgan fingerprint density at radius 2 is 1.76 bits per heavy atom. The van der Waals surface area contributed by atoms with Gasteiger partial charge in [0.15, 0.2) is 11.5 Å². The van der Waals surface area contributed by atoms with Gasteiger partial charge in [0.2, 0.25) is 6.79 Å². The number of hydrogen-bond donors (Lipinski definition) is 0. The molecule has 3 aromatic carbocycles. The van der Waals surface area contributed by atoms with Crippen LogP contribution in [0.5, 0.6) is 11.5 Å². The minimum absolute atomic E-state index is 0.206. The van der Waals surface area contributed by atoms with Gasteiger partial charge < -0.3 is 14.0 Å². The number of fused-ring (bicyclic) bond motifs is 5. The SMILES string of the molecule is O=c1nc2n(c3ccccc13)Cc1ccccc1C2=Cc1ccc2c(c1)OCO2. The zero-order chi connectivity index (χ0) is 19.4.